The Labute approximate surface area is 105 Å². The zero-order chi connectivity index (χ0) is 13.0. The lowest BCUT2D eigenvalue weighted by molar-refractivity contribution is 0.863. The quantitative estimate of drug-likeness (QED) is 0.855. The Hall–Kier alpha value is -2.17. The van der Waals surface area contributed by atoms with Gasteiger partial charge >= 0.3 is 0 Å². The molecule has 0 aliphatic carbocycles. The molecule has 5 heteroatoms. The molecule has 0 spiro atoms. The van der Waals surface area contributed by atoms with Gasteiger partial charge in [0.1, 0.15) is 5.69 Å². The van der Waals surface area contributed by atoms with Crippen LogP contribution >= 0.6 is 0 Å². The van der Waals surface area contributed by atoms with E-state index >= 15 is 0 Å². The SMILES string of the molecule is CCNc1nnc(Cc2ccc(C)cc2)c(=O)[nH]1. The highest BCUT2D eigenvalue weighted by atomic mass is 16.1. The molecule has 1 aromatic carbocycles. The first-order valence-corrected chi connectivity index (χ1v) is 5.94. The van der Waals surface area contributed by atoms with Crippen molar-refractivity contribution < 1.29 is 0 Å². The van der Waals surface area contributed by atoms with Crippen LogP contribution < -0.4 is 10.9 Å². The van der Waals surface area contributed by atoms with Gasteiger partial charge in [0.15, 0.2) is 0 Å². The summed E-state index contributed by atoms with van der Waals surface area (Å²) in [4.78, 5) is 14.5. The molecule has 94 valence electrons. The Morgan fingerprint density at radius 1 is 1.22 bits per heavy atom. The molecule has 2 N–H and O–H groups in total. The smallest absolute Gasteiger partial charge is 0.274 e. The van der Waals surface area contributed by atoms with E-state index < -0.39 is 0 Å². The van der Waals surface area contributed by atoms with E-state index in [1.165, 1.54) is 5.56 Å². The van der Waals surface area contributed by atoms with Crippen LogP contribution in [0.2, 0.25) is 0 Å². The predicted molar refractivity (Wildman–Crippen MR) is 70.8 cm³/mol. The summed E-state index contributed by atoms with van der Waals surface area (Å²) in [7, 11) is 0. The van der Waals surface area contributed by atoms with Crippen LogP contribution in [0, 0.1) is 6.92 Å². The van der Waals surface area contributed by atoms with Crippen molar-refractivity contribution in [3.05, 3.63) is 51.4 Å². The predicted octanol–water partition coefficient (Wildman–Crippen LogP) is 1.50. The highest BCUT2D eigenvalue weighted by Crippen LogP contribution is 2.06. The van der Waals surface area contributed by atoms with Gasteiger partial charge in [0.25, 0.3) is 5.56 Å². The molecule has 0 unspecified atom stereocenters. The van der Waals surface area contributed by atoms with Gasteiger partial charge in [0, 0.05) is 13.0 Å². The number of hydrogen-bond donors (Lipinski definition) is 2. The minimum absolute atomic E-state index is 0.193. The Morgan fingerprint density at radius 2 is 1.94 bits per heavy atom. The number of benzene rings is 1. The van der Waals surface area contributed by atoms with Gasteiger partial charge in [-0.2, -0.15) is 0 Å². The number of aryl methyl sites for hydroxylation is 1. The van der Waals surface area contributed by atoms with Gasteiger partial charge in [-0.15, -0.1) is 10.2 Å². The summed E-state index contributed by atoms with van der Waals surface area (Å²) in [5.41, 5.74) is 2.49. The third-order valence-electron chi connectivity index (χ3n) is 2.60. The number of H-pyrrole nitrogens is 1. The van der Waals surface area contributed by atoms with Gasteiger partial charge in [-0.05, 0) is 19.4 Å². The topological polar surface area (TPSA) is 70.7 Å². The van der Waals surface area contributed by atoms with Crippen LogP contribution in [0.15, 0.2) is 29.1 Å². The maximum absolute atomic E-state index is 11.8. The summed E-state index contributed by atoms with van der Waals surface area (Å²) in [5, 5.41) is 10.8. The summed E-state index contributed by atoms with van der Waals surface area (Å²) < 4.78 is 0. The van der Waals surface area contributed by atoms with E-state index in [1.807, 2.05) is 38.1 Å². The Morgan fingerprint density at radius 3 is 2.56 bits per heavy atom. The van der Waals surface area contributed by atoms with Crippen molar-refractivity contribution in [1.29, 1.82) is 0 Å². The molecule has 0 atom stereocenters. The molecular weight excluding hydrogens is 228 g/mol. The third kappa shape index (κ3) is 2.94. The molecule has 0 bridgehead atoms. The second kappa shape index (κ2) is 5.44. The number of hydrogen-bond acceptors (Lipinski definition) is 4. The lowest BCUT2D eigenvalue weighted by Gasteiger charge is -2.03. The van der Waals surface area contributed by atoms with Crippen LogP contribution in [-0.4, -0.2) is 21.7 Å². The molecule has 0 radical (unpaired) electrons. The number of anilines is 1. The molecule has 2 rings (SSSR count). The van der Waals surface area contributed by atoms with Crippen LogP contribution in [0.5, 0.6) is 0 Å². The van der Waals surface area contributed by atoms with Crippen LogP contribution in [-0.2, 0) is 6.42 Å². The van der Waals surface area contributed by atoms with Crippen molar-refractivity contribution in [1.82, 2.24) is 15.2 Å². The van der Waals surface area contributed by atoms with Crippen molar-refractivity contribution in [3.8, 4) is 0 Å². The van der Waals surface area contributed by atoms with Crippen LogP contribution in [0.3, 0.4) is 0 Å². The molecule has 5 nitrogen and oxygen atoms in total. The highest BCUT2D eigenvalue weighted by Gasteiger charge is 2.05. The van der Waals surface area contributed by atoms with E-state index in [1.54, 1.807) is 0 Å². The van der Waals surface area contributed by atoms with Gasteiger partial charge in [-0.1, -0.05) is 29.8 Å². The first-order valence-electron chi connectivity index (χ1n) is 5.94. The molecule has 1 aromatic heterocycles. The van der Waals surface area contributed by atoms with Crippen molar-refractivity contribution in [2.75, 3.05) is 11.9 Å². The molecule has 0 fully saturated rings. The minimum Gasteiger partial charge on any atom is -0.355 e. The molecular formula is C13H16N4O. The van der Waals surface area contributed by atoms with Gasteiger partial charge in [0.2, 0.25) is 5.95 Å². The van der Waals surface area contributed by atoms with Crippen LogP contribution in [0.4, 0.5) is 5.95 Å². The van der Waals surface area contributed by atoms with Gasteiger partial charge in [-0.3, -0.25) is 9.78 Å². The second-order valence-corrected chi connectivity index (χ2v) is 4.14. The fraction of sp³-hybridized carbons (Fsp3) is 0.308. The van der Waals surface area contributed by atoms with E-state index in [9.17, 15) is 4.79 Å². The zero-order valence-corrected chi connectivity index (χ0v) is 10.5. The number of rotatable bonds is 4. The van der Waals surface area contributed by atoms with Crippen molar-refractivity contribution in [2.45, 2.75) is 20.3 Å². The Kier molecular flexibility index (Phi) is 3.72. The van der Waals surface area contributed by atoms with E-state index in [4.69, 9.17) is 0 Å². The van der Waals surface area contributed by atoms with Gasteiger partial charge < -0.3 is 5.32 Å². The summed E-state index contributed by atoms with van der Waals surface area (Å²) in [6, 6.07) is 8.03. The fourth-order valence-electron chi connectivity index (χ4n) is 1.62. The van der Waals surface area contributed by atoms with E-state index in [-0.39, 0.29) is 5.56 Å². The standard InChI is InChI=1S/C13H16N4O/c1-3-14-13-15-12(18)11(16-17-13)8-10-6-4-9(2)5-7-10/h4-7H,3,8H2,1-2H3,(H2,14,15,17,18). The minimum atomic E-state index is -0.193. The van der Waals surface area contributed by atoms with Crippen LogP contribution in [0.25, 0.3) is 0 Å². The summed E-state index contributed by atoms with van der Waals surface area (Å²) in [6.45, 7) is 4.66. The van der Waals surface area contributed by atoms with Crippen molar-refractivity contribution in [2.24, 2.45) is 0 Å². The first-order chi connectivity index (χ1) is 8.69. The monoisotopic (exact) mass is 244 g/mol. The number of aromatic amines is 1. The van der Waals surface area contributed by atoms with E-state index in [0.29, 0.717) is 24.6 Å². The largest absolute Gasteiger partial charge is 0.355 e. The van der Waals surface area contributed by atoms with Crippen molar-refractivity contribution >= 4 is 5.95 Å². The number of aromatic nitrogens is 3. The van der Waals surface area contributed by atoms with Crippen LogP contribution in [0.1, 0.15) is 23.7 Å². The van der Waals surface area contributed by atoms with Gasteiger partial charge in [-0.25, -0.2) is 0 Å². The number of nitrogens with one attached hydrogen (secondary N) is 2. The fourth-order valence-corrected chi connectivity index (χ4v) is 1.62. The van der Waals surface area contributed by atoms with E-state index in [2.05, 4.69) is 20.5 Å². The summed E-state index contributed by atoms with van der Waals surface area (Å²) >= 11 is 0. The molecule has 0 saturated carbocycles. The number of nitrogens with zero attached hydrogens (tertiary/aromatic N) is 2. The third-order valence-corrected chi connectivity index (χ3v) is 2.60. The molecule has 1 heterocycles. The second-order valence-electron chi connectivity index (χ2n) is 4.14. The zero-order valence-electron chi connectivity index (χ0n) is 10.5. The maximum Gasteiger partial charge on any atom is 0.274 e. The lowest BCUT2D eigenvalue weighted by atomic mass is 10.1. The maximum atomic E-state index is 11.8. The molecule has 0 saturated heterocycles. The molecule has 0 aliphatic heterocycles. The Balaban J connectivity index is 2.19. The average Bonchev–Trinajstić information content (AvgIpc) is 2.36. The summed E-state index contributed by atoms with van der Waals surface area (Å²) in [5.74, 6) is 0.412. The molecule has 2 aromatic rings. The first kappa shape index (κ1) is 12.3. The lowest BCUT2D eigenvalue weighted by Crippen LogP contribution is -2.19. The molecule has 18 heavy (non-hydrogen) atoms. The van der Waals surface area contributed by atoms with Crippen molar-refractivity contribution in [3.63, 3.8) is 0 Å². The Bertz CT molecular complexity index is 574. The normalized spacial score (nSPS) is 10.3. The van der Waals surface area contributed by atoms with E-state index in [0.717, 1.165) is 5.56 Å². The molecule has 0 amide bonds. The highest BCUT2D eigenvalue weighted by molar-refractivity contribution is 5.26. The van der Waals surface area contributed by atoms with Gasteiger partial charge in [0.05, 0.1) is 0 Å². The average molecular weight is 244 g/mol. The summed E-state index contributed by atoms with van der Waals surface area (Å²) in [6.07, 6.45) is 0.495. The molecule has 0 aliphatic rings.